The van der Waals surface area contributed by atoms with Crippen LogP contribution in [0.2, 0.25) is 0 Å². The summed E-state index contributed by atoms with van der Waals surface area (Å²) in [7, 11) is 0. The summed E-state index contributed by atoms with van der Waals surface area (Å²) in [6.45, 7) is 17.2. The number of aryl methyl sites for hydroxylation is 3. The maximum Gasteiger partial charge on any atom is 0.416 e. The van der Waals surface area contributed by atoms with E-state index in [1.807, 2.05) is 32.0 Å². The summed E-state index contributed by atoms with van der Waals surface area (Å²) >= 11 is 0. The molecule has 0 spiro atoms. The Labute approximate surface area is 561 Å². The minimum atomic E-state index is -4.84. The van der Waals surface area contributed by atoms with Crippen LogP contribution in [-0.2, 0) is 31.6 Å². The van der Waals surface area contributed by atoms with Crippen molar-refractivity contribution in [2.45, 2.75) is 160 Å². The molecule has 3 aliphatic heterocycles. The van der Waals surface area contributed by atoms with Crippen molar-refractivity contribution in [3.8, 4) is 0 Å². The number of anilines is 6. The molecule has 0 aliphatic carbocycles. The van der Waals surface area contributed by atoms with Gasteiger partial charge >= 0.3 is 12.4 Å². The molecule has 26 heteroatoms. The van der Waals surface area contributed by atoms with Crippen LogP contribution in [0.25, 0.3) is 43.7 Å². The van der Waals surface area contributed by atoms with Gasteiger partial charge in [0, 0.05) is 67.4 Å². The van der Waals surface area contributed by atoms with Crippen molar-refractivity contribution in [1.82, 2.24) is 45.5 Å². The maximum absolute atomic E-state index is 15.8. The molecule has 13 rings (SSSR count). The highest BCUT2D eigenvalue weighted by molar-refractivity contribution is 5.95. The fourth-order valence-corrected chi connectivity index (χ4v) is 13.9. The monoisotopic (exact) mass is 1350 g/mol. The van der Waals surface area contributed by atoms with Gasteiger partial charge in [-0.2, -0.15) is 41.6 Å². The number of aromatic nitrogens is 9. The number of hydrogen-bond acceptors (Lipinski definition) is 19. The first-order chi connectivity index (χ1) is 46.4. The molecule has 6 N–H and O–H groups in total. The zero-order valence-corrected chi connectivity index (χ0v) is 55.8. The van der Waals surface area contributed by atoms with E-state index < -0.39 is 64.2 Å². The van der Waals surface area contributed by atoms with Crippen LogP contribution in [-0.4, -0.2) is 117 Å². The van der Waals surface area contributed by atoms with E-state index in [-0.39, 0.29) is 41.9 Å². The Morgan fingerprint density at radius 3 is 1.54 bits per heavy atom. The molecule has 10 heterocycles. The molecule has 514 valence electrons. The average Bonchev–Trinajstić information content (AvgIpc) is 1.04. The number of rotatable bonds is 17. The lowest BCUT2D eigenvalue weighted by atomic mass is 9.90. The van der Waals surface area contributed by atoms with E-state index in [1.165, 1.54) is 13.0 Å². The van der Waals surface area contributed by atoms with Crippen LogP contribution in [0.4, 0.5) is 65.2 Å². The number of benzene rings is 3. The zero-order chi connectivity index (χ0) is 69.4. The second-order valence-corrected chi connectivity index (χ2v) is 27.7. The smallest absolute Gasteiger partial charge is 0.416 e. The second-order valence-electron chi connectivity index (χ2n) is 27.7. The number of furan rings is 1. The van der Waals surface area contributed by atoms with Gasteiger partial charge in [-0.05, 0) is 171 Å². The molecule has 0 bridgehead atoms. The lowest BCUT2D eigenvalue weighted by Crippen LogP contribution is -2.42. The molecule has 3 aromatic carbocycles. The third-order valence-corrected chi connectivity index (χ3v) is 20.0. The number of halogens is 7. The highest BCUT2D eigenvalue weighted by Crippen LogP contribution is 2.43. The molecule has 0 saturated carbocycles. The first-order valence-corrected chi connectivity index (χ1v) is 33.2. The lowest BCUT2D eigenvalue weighted by molar-refractivity contribution is -0.139. The molecule has 98 heavy (non-hydrogen) atoms. The molecule has 0 radical (unpaired) electrons. The molecule has 7 aromatic heterocycles. The predicted octanol–water partition coefficient (Wildman–Crippen LogP) is 14.2. The normalized spacial score (nSPS) is 17.6. The average molecular weight is 1350 g/mol. The Morgan fingerprint density at radius 1 is 0.531 bits per heavy atom. The Morgan fingerprint density at radius 2 is 1.01 bits per heavy atom. The number of piperidine rings is 3. The van der Waals surface area contributed by atoms with Crippen molar-refractivity contribution >= 4 is 78.2 Å². The van der Waals surface area contributed by atoms with Gasteiger partial charge in [0.15, 0.2) is 23.3 Å². The number of para-hydroxylation sites is 1. The van der Waals surface area contributed by atoms with E-state index in [4.69, 9.17) is 19.4 Å². The number of hydrogen-bond donors (Lipinski definition) is 6. The molecular weight excluding hydrogens is 1270 g/mol. The van der Waals surface area contributed by atoms with Crippen molar-refractivity contribution in [2.24, 2.45) is 0 Å². The summed E-state index contributed by atoms with van der Waals surface area (Å²) in [4.78, 5) is 20.8. The summed E-state index contributed by atoms with van der Waals surface area (Å²) in [5.74, 6) is 0.342. The van der Waals surface area contributed by atoms with Gasteiger partial charge in [-0.25, -0.2) is 4.39 Å². The molecule has 10 aromatic rings. The lowest BCUT2D eigenvalue weighted by Gasteiger charge is -2.37. The van der Waals surface area contributed by atoms with Gasteiger partial charge in [0.2, 0.25) is 0 Å². The van der Waals surface area contributed by atoms with E-state index in [2.05, 4.69) is 61.2 Å². The Kier molecular flexibility index (Phi) is 17.8. The van der Waals surface area contributed by atoms with Crippen LogP contribution in [0.3, 0.4) is 0 Å². The minimum absolute atomic E-state index is 0.0481. The fraction of sp³-hybridized carbons (Fsp3) is 0.431. The molecule has 19 nitrogen and oxygen atoms in total. The van der Waals surface area contributed by atoms with E-state index in [0.717, 1.165) is 29.8 Å². The van der Waals surface area contributed by atoms with E-state index in [0.29, 0.717) is 172 Å². The second kappa shape index (κ2) is 25.9. The van der Waals surface area contributed by atoms with Crippen molar-refractivity contribution in [3.63, 3.8) is 0 Å². The van der Waals surface area contributed by atoms with E-state index in [1.54, 1.807) is 83.5 Å². The third-order valence-electron chi connectivity index (χ3n) is 20.0. The summed E-state index contributed by atoms with van der Waals surface area (Å²) in [6, 6.07) is 15.8. The van der Waals surface area contributed by atoms with E-state index >= 15 is 13.2 Å². The Bertz CT molecular complexity index is 4650. The number of aliphatic hydroxyl groups is 3. The standard InChI is InChI=1S/C72H78F7N15O4/c1-39-51(14-13-45(60(39)72(77,78)79)31-59-63-56(34-50(37-82-63)94-26-20-70(8,97)21-27-94)67(91-88-59)85-42(4)52-10-9-11-53-57(73)38-98-64(52)53)41(3)84-66-55-33-49(93-24-18-69(7,96)19-25-93)36-81-62(55)58(87-90-66)15-12-44-28-46(30-47(29-44)71(74,75)76)40(2)83-65-54-32-48(35-80-61(54)43(5)86-89-65)92-22-16-68(6,95)17-23-92/h9-11,13-14,28-30,32-38,40-42,95-97H,12,15-27,31H2,1-8H3,(H,83,89)(H,84,90)(H,85,91)/t40-,41-,42-/m1/s1. The Hall–Kier alpha value is -9.14. The summed E-state index contributed by atoms with van der Waals surface area (Å²) in [6.07, 6.45) is -0.391. The quantitative estimate of drug-likeness (QED) is 0.0465. The van der Waals surface area contributed by atoms with Crippen molar-refractivity contribution in [1.29, 1.82) is 0 Å². The summed E-state index contributed by atoms with van der Waals surface area (Å²) in [5, 5.41) is 71.4. The molecular formula is C72H78F7N15O4. The largest absolute Gasteiger partial charge is 0.461 e. The number of nitrogens with zero attached hydrogens (tertiary/aromatic N) is 12. The topological polar surface area (TPSA) is 236 Å². The van der Waals surface area contributed by atoms with E-state index in [9.17, 15) is 32.9 Å². The van der Waals surface area contributed by atoms with Gasteiger partial charge in [-0.1, -0.05) is 30.3 Å². The van der Waals surface area contributed by atoms with Gasteiger partial charge < -0.3 is 50.4 Å². The molecule has 3 fully saturated rings. The highest BCUT2D eigenvalue weighted by atomic mass is 19.4. The van der Waals surface area contributed by atoms with Gasteiger partial charge in [0.25, 0.3) is 0 Å². The summed E-state index contributed by atoms with van der Waals surface area (Å²) in [5.41, 5.74) is 2.39. The van der Waals surface area contributed by atoms with Crippen molar-refractivity contribution in [3.05, 3.63) is 159 Å². The summed E-state index contributed by atoms with van der Waals surface area (Å²) < 4.78 is 112. The number of pyridine rings is 3. The van der Waals surface area contributed by atoms with Crippen LogP contribution in [0.1, 0.15) is 160 Å². The minimum Gasteiger partial charge on any atom is -0.461 e. The van der Waals surface area contributed by atoms with Gasteiger partial charge in [0.1, 0.15) is 11.8 Å². The molecule has 3 aliphatic rings. The van der Waals surface area contributed by atoms with Gasteiger partial charge in [-0.15, -0.1) is 15.3 Å². The molecule has 0 amide bonds. The van der Waals surface area contributed by atoms with Gasteiger partial charge in [0.05, 0.1) is 121 Å². The zero-order valence-electron chi connectivity index (χ0n) is 55.8. The Balaban J connectivity index is 0.794. The first-order valence-electron chi connectivity index (χ1n) is 33.2. The van der Waals surface area contributed by atoms with Crippen molar-refractivity contribution < 1.29 is 50.5 Å². The number of fused-ring (bicyclic) bond motifs is 4. The SMILES string of the molecule is Cc1c([C@@H](C)Nc2nnc(CCc3cc([C@@H](C)Nc4nnc(C)c5ncc(N6CCC(C)(O)CC6)cc45)cc(C(F)(F)F)c3)c3ncc(N4CCC(C)(O)CC4)cc23)ccc(Cc2nnc(N[C@H](C)c3cccc4c(F)coc34)c3cc(N4CCC(C)(O)CC4)cnc23)c1C(F)(F)F. The van der Waals surface area contributed by atoms with Crippen LogP contribution in [0.5, 0.6) is 0 Å². The van der Waals surface area contributed by atoms with Crippen LogP contribution in [0.15, 0.2) is 96.0 Å². The fourth-order valence-electron chi connectivity index (χ4n) is 13.9. The third kappa shape index (κ3) is 14.0. The highest BCUT2D eigenvalue weighted by Gasteiger charge is 2.38. The van der Waals surface area contributed by atoms with Crippen LogP contribution in [0, 0.1) is 19.7 Å². The predicted molar refractivity (Wildman–Crippen MR) is 363 cm³/mol. The first kappa shape index (κ1) is 67.4. The molecule has 3 saturated heterocycles. The maximum atomic E-state index is 15.8. The van der Waals surface area contributed by atoms with Crippen molar-refractivity contribution in [2.75, 3.05) is 69.9 Å². The number of nitrogens with one attached hydrogen (secondary N) is 3. The molecule has 3 atom stereocenters. The number of alkyl halides is 6. The van der Waals surface area contributed by atoms with Crippen LogP contribution >= 0.6 is 0 Å². The van der Waals surface area contributed by atoms with Crippen LogP contribution < -0.4 is 30.7 Å². The van der Waals surface area contributed by atoms with Gasteiger partial charge in [-0.3, -0.25) is 15.0 Å². The molecule has 0 unspecified atom stereocenters.